The van der Waals surface area contributed by atoms with Gasteiger partial charge in [-0.05, 0) is 44.0 Å². The maximum atomic E-state index is 12.3. The van der Waals surface area contributed by atoms with Crippen LogP contribution in [0.3, 0.4) is 0 Å². The summed E-state index contributed by atoms with van der Waals surface area (Å²) in [7, 11) is 0. The minimum atomic E-state index is -4.16. The Morgan fingerprint density at radius 2 is 1.75 bits per heavy atom. The Morgan fingerprint density at radius 1 is 1.07 bits per heavy atom. The average Bonchev–Trinajstić information content (AvgIpc) is 2.88. The Kier molecular flexibility index (Phi) is 11.8. The molecule has 0 atom stereocenters. The number of benzene rings is 1. The first-order valence-electron chi connectivity index (χ1n) is 9.85. The van der Waals surface area contributed by atoms with Crippen molar-refractivity contribution < 1.29 is 13.2 Å². The van der Waals surface area contributed by atoms with Crippen LogP contribution in [0.15, 0.2) is 29.3 Å². The molecule has 0 saturated carbocycles. The van der Waals surface area contributed by atoms with Gasteiger partial charge in [0.25, 0.3) is 0 Å². The Labute approximate surface area is 183 Å². The number of guanidine groups is 1. The zero-order valence-electron chi connectivity index (χ0n) is 16.5. The molecule has 1 saturated heterocycles. The lowest BCUT2D eigenvalue weighted by molar-refractivity contribution is -0.132. The summed E-state index contributed by atoms with van der Waals surface area (Å²) in [5.41, 5.74) is 2.33. The molecule has 2 rings (SSSR count). The molecule has 0 unspecified atom stereocenters. The second-order valence-electron chi connectivity index (χ2n) is 7.00. The van der Waals surface area contributed by atoms with Crippen LogP contribution in [0.2, 0.25) is 0 Å². The van der Waals surface area contributed by atoms with Crippen LogP contribution < -0.4 is 10.6 Å². The molecule has 0 radical (unpaired) electrons. The summed E-state index contributed by atoms with van der Waals surface area (Å²) in [6.45, 7) is 6.00. The molecule has 0 aromatic heterocycles. The van der Waals surface area contributed by atoms with Crippen LogP contribution in [0.4, 0.5) is 13.2 Å². The van der Waals surface area contributed by atoms with Crippen molar-refractivity contribution in [2.24, 2.45) is 4.99 Å². The Morgan fingerprint density at radius 3 is 2.39 bits per heavy atom. The Hall–Kier alpha value is -1.03. The van der Waals surface area contributed by atoms with Crippen LogP contribution in [0.5, 0.6) is 0 Å². The van der Waals surface area contributed by atoms with Gasteiger partial charge in [-0.25, -0.2) is 4.99 Å². The lowest BCUT2D eigenvalue weighted by Crippen LogP contribution is -2.38. The average molecular weight is 512 g/mol. The van der Waals surface area contributed by atoms with Crippen molar-refractivity contribution in [1.82, 2.24) is 15.5 Å². The molecule has 1 aliphatic rings. The molecular weight excluding hydrogens is 480 g/mol. The molecular formula is C20H32F3IN4. The molecule has 1 heterocycles. The molecule has 1 aromatic carbocycles. The summed E-state index contributed by atoms with van der Waals surface area (Å²) in [5.74, 6) is 0.416. The van der Waals surface area contributed by atoms with Gasteiger partial charge < -0.3 is 10.6 Å². The van der Waals surface area contributed by atoms with E-state index in [9.17, 15) is 13.2 Å². The highest BCUT2D eigenvalue weighted by Gasteiger charge is 2.26. The number of hydrogen-bond acceptors (Lipinski definition) is 2. The number of rotatable bonds is 7. The standard InChI is InChI=1S/C20H31F3N4.HI/c1-2-24-19(25-11-10-20(21,22)23)26-15-17-8-7-9-18(14-17)16-27-12-5-3-4-6-13-27;/h7-9,14H,2-6,10-13,15-16H2,1H3,(H2,24,25,26);1H. The van der Waals surface area contributed by atoms with E-state index in [1.165, 1.54) is 31.2 Å². The number of halogens is 4. The number of alkyl halides is 3. The number of aliphatic imine (C=N–C) groups is 1. The van der Waals surface area contributed by atoms with Crippen LogP contribution in [-0.2, 0) is 13.1 Å². The smallest absolute Gasteiger partial charge is 0.357 e. The molecule has 0 spiro atoms. The van der Waals surface area contributed by atoms with Crippen LogP contribution in [-0.4, -0.2) is 43.2 Å². The van der Waals surface area contributed by atoms with E-state index in [-0.39, 0.29) is 30.5 Å². The van der Waals surface area contributed by atoms with E-state index < -0.39 is 12.6 Å². The molecule has 0 bridgehead atoms. The van der Waals surface area contributed by atoms with Crippen molar-refractivity contribution in [3.8, 4) is 0 Å². The molecule has 28 heavy (non-hydrogen) atoms. The quantitative estimate of drug-likeness (QED) is 0.317. The van der Waals surface area contributed by atoms with Crippen molar-refractivity contribution in [2.45, 2.75) is 58.3 Å². The third-order valence-electron chi connectivity index (χ3n) is 4.56. The number of likely N-dealkylation sites (tertiary alicyclic amines) is 1. The lowest BCUT2D eigenvalue weighted by atomic mass is 10.1. The fourth-order valence-electron chi connectivity index (χ4n) is 3.21. The van der Waals surface area contributed by atoms with Gasteiger partial charge in [-0.15, -0.1) is 24.0 Å². The second-order valence-corrected chi connectivity index (χ2v) is 7.00. The van der Waals surface area contributed by atoms with Gasteiger partial charge in [-0.2, -0.15) is 13.2 Å². The molecule has 4 nitrogen and oxygen atoms in total. The minimum Gasteiger partial charge on any atom is -0.357 e. The number of hydrogen-bond donors (Lipinski definition) is 2. The van der Waals surface area contributed by atoms with Crippen LogP contribution >= 0.6 is 24.0 Å². The minimum absolute atomic E-state index is 0. The van der Waals surface area contributed by atoms with Gasteiger partial charge in [0.05, 0.1) is 13.0 Å². The number of nitrogens with one attached hydrogen (secondary N) is 2. The molecule has 2 N–H and O–H groups in total. The lowest BCUT2D eigenvalue weighted by Gasteiger charge is -2.20. The first-order chi connectivity index (χ1) is 13.0. The third-order valence-corrected chi connectivity index (χ3v) is 4.56. The van der Waals surface area contributed by atoms with E-state index in [2.05, 4.69) is 32.7 Å². The summed E-state index contributed by atoms with van der Waals surface area (Å²) < 4.78 is 36.9. The van der Waals surface area contributed by atoms with Gasteiger partial charge in [0.1, 0.15) is 0 Å². The maximum absolute atomic E-state index is 12.3. The number of nitrogens with zero attached hydrogens (tertiary/aromatic N) is 2. The SMILES string of the molecule is CCNC(=NCc1cccc(CN2CCCCCC2)c1)NCCC(F)(F)F.I. The first-order valence-corrected chi connectivity index (χ1v) is 9.85. The van der Waals surface area contributed by atoms with Crippen molar-refractivity contribution in [2.75, 3.05) is 26.2 Å². The molecule has 0 aliphatic carbocycles. The Bertz CT molecular complexity index is 585. The monoisotopic (exact) mass is 512 g/mol. The van der Waals surface area contributed by atoms with Crippen molar-refractivity contribution in [3.63, 3.8) is 0 Å². The van der Waals surface area contributed by atoms with Crippen molar-refractivity contribution in [1.29, 1.82) is 0 Å². The normalized spacial score (nSPS) is 16.2. The summed E-state index contributed by atoms with van der Waals surface area (Å²) in [5, 5.41) is 5.74. The third kappa shape index (κ3) is 10.5. The van der Waals surface area contributed by atoms with Gasteiger partial charge in [-0.1, -0.05) is 37.1 Å². The van der Waals surface area contributed by atoms with E-state index in [1.54, 1.807) is 0 Å². The zero-order valence-corrected chi connectivity index (χ0v) is 18.9. The molecule has 160 valence electrons. The van der Waals surface area contributed by atoms with Gasteiger partial charge >= 0.3 is 6.18 Å². The highest BCUT2D eigenvalue weighted by Crippen LogP contribution is 2.18. The summed E-state index contributed by atoms with van der Waals surface area (Å²) >= 11 is 0. The van der Waals surface area contributed by atoms with E-state index in [1.807, 2.05) is 19.1 Å². The van der Waals surface area contributed by atoms with Crippen LogP contribution in [0.1, 0.15) is 50.2 Å². The van der Waals surface area contributed by atoms with Gasteiger partial charge in [0, 0.05) is 19.6 Å². The second kappa shape index (κ2) is 13.2. The van der Waals surface area contributed by atoms with E-state index in [4.69, 9.17) is 0 Å². The fourth-order valence-corrected chi connectivity index (χ4v) is 3.21. The van der Waals surface area contributed by atoms with Crippen molar-refractivity contribution >= 4 is 29.9 Å². The summed E-state index contributed by atoms with van der Waals surface area (Å²) in [6, 6.07) is 8.31. The fraction of sp³-hybridized carbons (Fsp3) is 0.650. The maximum Gasteiger partial charge on any atom is 0.390 e. The Balaban J connectivity index is 0.00000392. The van der Waals surface area contributed by atoms with Gasteiger partial charge in [0.2, 0.25) is 0 Å². The zero-order chi connectivity index (χ0) is 19.5. The van der Waals surface area contributed by atoms with E-state index >= 15 is 0 Å². The molecule has 1 aromatic rings. The predicted octanol–water partition coefficient (Wildman–Crippen LogP) is 4.69. The highest BCUT2D eigenvalue weighted by atomic mass is 127. The predicted molar refractivity (Wildman–Crippen MR) is 119 cm³/mol. The molecule has 1 fully saturated rings. The van der Waals surface area contributed by atoms with E-state index in [0.29, 0.717) is 19.0 Å². The topological polar surface area (TPSA) is 39.7 Å². The van der Waals surface area contributed by atoms with Gasteiger partial charge in [0.15, 0.2) is 5.96 Å². The summed E-state index contributed by atoms with van der Waals surface area (Å²) in [4.78, 5) is 6.92. The van der Waals surface area contributed by atoms with Gasteiger partial charge in [-0.3, -0.25) is 4.90 Å². The highest BCUT2D eigenvalue weighted by molar-refractivity contribution is 14.0. The van der Waals surface area contributed by atoms with Crippen molar-refractivity contribution in [3.05, 3.63) is 35.4 Å². The van der Waals surface area contributed by atoms with Crippen LogP contribution in [0.25, 0.3) is 0 Å². The first kappa shape index (κ1) is 25.0. The molecule has 8 heteroatoms. The van der Waals surface area contributed by atoms with Crippen LogP contribution in [0, 0.1) is 0 Å². The largest absolute Gasteiger partial charge is 0.390 e. The molecule has 1 aliphatic heterocycles. The summed E-state index contributed by atoms with van der Waals surface area (Å²) in [6.07, 6.45) is 0.133. The molecule has 0 amide bonds. The van der Waals surface area contributed by atoms with E-state index in [0.717, 1.165) is 25.2 Å².